The van der Waals surface area contributed by atoms with E-state index in [0.29, 0.717) is 29.7 Å². The van der Waals surface area contributed by atoms with Crippen molar-refractivity contribution in [2.45, 2.75) is 37.1 Å². The highest BCUT2D eigenvalue weighted by molar-refractivity contribution is 7.99. The van der Waals surface area contributed by atoms with Gasteiger partial charge in [0, 0.05) is 68.7 Å². The van der Waals surface area contributed by atoms with E-state index in [2.05, 4.69) is 4.90 Å². The van der Waals surface area contributed by atoms with Crippen molar-refractivity contribution in [2.75, 3.05) is 57.9 Å². The first-order chi connectivity index (χ1) is 16.0. The number of benzene rings is 1. The van der Waals surface area contributed by atoms with Crippen LogP contribution < -0.4 is 0 Å². The first kappa shape index (κ1) is 24.5. The number of imide groups is 1. The van der Waals surface area contributed by atoms with Crippen molar-refractivity contribution in [3.05, 3.63) is 34.9 Å². The largest absolute Gasteiger partial charge is 0.383 e. The summed E-state index contributed by atoms with van der Waals surface area (Å²) in [5, 5.41) is 0.404. The number of piperidine rings is 1. The number of likely N-dealkylation sites (tertiary alicyclic amines) is 2. The van der Waals surface area contributed by atoms with Crippen molar-refractivity contribution < 1.29 is 19.1 Å². The highest BCUT2D eigenvalue weighted by Crippen LogP contribution is 2.43. The molecule has 0 N–H and O–H groups in total. The summed E-state index contributed by atoms with van der Waals surface area (Å²) in [6.07, 6.45) is 1.80. The Kier molecular flexibility index (Phi) is 7.99. The number of thioether (sulfide) groups is 1. The first-order valence-electron chi connectivity index (χ1n) is 11.6. The molecule has 0 saturated carbocycles. The van der Waals surface area contributed by atoms with E-state index in [1.165, 1.54) is 23.5 Å². The number of hydrogen-bond acceptors (Lipinski definition) is 6. The van der Waals surface area contributed by atoms with Gasteiger partial charge in [-0.3, -0.25) is 24.2 Å². The van der Waals surface area contributed by atoms with E-state index in [1.54, 1.807) is 24.3 Å². The number of ether oxygens (including phenoxy) is 1. The van der Waals surface area contributed by atoms with Crippen LogP contribution in [0.3, 0.4) is 0 Å². The van der Waals surface area contributed by atoms with Gasteiger partial charge in [0.15, 0.2) is 0 Å². The molecule has 0 bridgehead atoms. The van der Waals surface area contributed by atoms with Gasteiger partial charge in [0.25, 0.3) is 0 Å². The van der Waals surface area contributed by atoms with Crippen LogP contribution >= 0.6 is 23.4 Å². The van der Waals surface area contributed by atoms with Crippen LogP contribution in [-0.4, -0.2) is 96.4 Å². The quantitative estimate of drug-likeness (QED) is 0.543. The third kappa shape index (κ3) is 5.09. The molecule has 0 spiro atoms. The fourth-order valence-electron chi connectivity index (χ4n) is 5.30. The molecule has 3 aliphatic heterocycles. The maximum atomic E-state index is 13.6. The summed E-state index contributed by atoms with van der Waals surface area (Å²) in [6.45, 7) is 4.03. The van der Waals surface area contributed by atoms with Crippen LogP contribution in [0.15, 0.2) is 24.3 Å². The predicted molar refractivity (Wildman–Crippen MR) is 129 cm³/mol. The van der Waals surface area contributed by atoms with Crippen LogP contribution in [0.25, 0.3) is 0 Å². The lowest BCUT2D eigenvalue weighted by Gasteiger charge is -2.40. The Morgan fingerprint density at radius 2 is 1.85 bits per heavy atom. The topological polar surface area (TPSA) is 70.2 Å². The summed E-state index contributed by atoms with van der Waals surface area (Å²) in [4.78, 5) is 45.5. The fraction of sp³-hybridized carbons (Fsp3) is 0.625. The lowest BCUT2D eigenvalue weighted by molar-refractivity contribution is -0.143. The number of carbonyl (C=O) groups excluding carboxylic acids is 3. The second-order valence-corrected chi connectivity index (χ2v) is 10.7. The molecule has 9 heteroatoms. The molecule has 3 fully saturated rings. The monoisotopic (exact) mass is 493 g/mol. The number of amides is 3. The molecule has 0 aliphatic carbocycles. The van der Waals surface area contributed by atoms with Crippen LogP contribution in [-0.2, 0) is 24.5 Å². The lowest BCUT2D eigenvalue weighted by Crippen LogP contribution is -2.50. The maximum Gasteiger partial charge on any atom is 0.241 e. The number of hydrogen-bond donors (Lipinski definition) is 0. The zero-order valence-corrected chi connectivity index (χ0v) is 20.7. The van der Waals surface area contributed by atoms with Crippen molar-refractivity contribution >= 4 is 41.1 Å². The van der Waals surface area contributed by atoms with Crippen LogP contribution in [0.1, 0.15) is 31.2 Å². The molecule has 3 heterocycles. The standard InChI is InChI=1S/C24H32ClN3O4S/c1-32-13-10-28-22(30)17-24(23(28)31,19-4-2-3-5-20(19)25)16-21(29)27-8-6-18(7-9-27)26-11-14-33-15-12-26/h2-5,18H,6-17H2,1H3. The zero-order valence-electron chi connectivity index (χ0n) is 19.1. The summed E-state index contributed by atoms with van der Waals surface area (Å²) in [6, 6.07) is 7.58. The summed E-state index contributed by atoms with van der Waals surface area (Å²) in [5.74, 6) is 1.63. The van der Waals surface area contributed by atoms with Gasteiger partial charge in [0.2, 0.25) is 17.7 Å². The third-order valence-corrected chi connectivity index (χ3v) is 8.42. The van der Waals surface area contributed by atoms with Gasteiger partial charge < -0.3 is 9.64 Å². The van der Waals surface area contributed by atoms with Crippen molar-refractivity contribution in [1.29, 1.82) is 0 Å². The van der Waals surface area contributed by atoms with E-state index in [0.717, 1.165) is 25.9 Å². The van der Waals surface area contributed by atoms with Crippen LogP contribution in [0.4, 0.5) is 0 Å². The summed E-state index contributed by atoms with van der Waals surface area (Å²) < 4.78 is 5.08. The lowest BCUT2D eigenvalue weighted by atomic mass is 9.75. The molecular formula is C24H32ClN3O4S. The number of halogens is 1. The number of methoxy groups -OCH3 is 1. The van der Waals surface area contributed by atoms with E-state index in [-0.39, 0.29) is 43.7 Å². The minimum absolute atomic E-state index is 0.0458. The van der Waals surface area contributed by atoms with Gasteiger partial charge in [-0.05, 0) is 24.5 Å². The summed E-state index contributed by atoms with van der Waals surface area (Å²) >= 11 is 8.50. The van der Waals surface area contributed by atoms with Gasteiger partial charge in [-0.1, -0.05) is 29.8 Å². The van der Waals surface area contributed by atoms with Gasteiger partial charge in [0.05, 0.1) is 18.6 Å². The third-order valence-electron chi connectivity index (χ3n) is 7.15. The molecule has 33 heavy (non-hydrogen) atoms. The van der Waals surface area contributed by atoms with Crippen molar-refractivity contribution in [3.8, 4) is 0 Å². The zero-order chi connectivity index (χ0) is 23.4. The molecule has 0 aromatic heterocycles. The van der Waals surface area contributed by atoms with Crippen LogP contribution in [0.5, 0.6) is 0 Å². The molecule has 1 aromatic carbocycles. The summed E-state index contributed by atoms with van der Waals surface area (Å²) in [5.41, 5.74) is -0.708. The second kappa shape index (κ2) is 10.8. The molecule has 1 unspecified atom stereocenters. The Morgan fingerprint density at radius 1 is 1.15 bits per heavy atom. The van der Waals surface area contributed by atoms with Crippen LogP contribution in [0, 0.1) is 0 Å². The van der Waals surface area contributed by atoms with E-state index in [9.17, 15) is 14.4 Å². The molecule has 0 radical (unpaired) electrons. The molecule has 3 aliphatic rings. The first-order valence-corrected chi connectivity index (χ1v) is 13.2. The van der Waals surface area contributed by atoms with E-state index in [1.807, 2.05) is 16.7 Å². The van der Waals surface area contributed by atoms with E-state index >= 15 is 0 Å². The van der Waals surface area contributed by atoms with Crippen molar-refractivity contribution in [3.63, 3.8) is 0 Å². The van der Waals surface area contributed by atoms with E-state index < -0.39 is 5.41 Å². The molecule has 7 nitrogen and oxygen atoms in total. The van der Waals surface area contributed by atoms with Gasteiger partial charge >= 0.3 is 0 Å². The minimum atomic E-state index is -1.26. The summed E-state index contributed by atoms with van der Waals surface area (Å²) in [7, 11) is 1.53. The molecule has 1 aromatic rings. The molecule has 180 valence electrons. The molecule has 4 rings (SSSR count). The maximum absolute atomic E-state index is 13.6. The Hall–Kier alpha value is -1.61. The highest BCUT2D eigenvalue weighted by Gasteiger charge is 2.54. The van der Waals surface area contributed by atoms with Crippen molar-refractivity contribution in [2.24, 2.45) is 0 Å². The Balaban J connectivity index is 1.51. The van der Waals surface area contributed by atoms with Gasteiger partial charge in [-0.15, -0.1) is 0 Å². The Morgan fingerprint density at radius 3 is 2.52 bits per heavy atom. The number of rotatable bonds is 7. The molecular weight excluding hydrogens is 462 g/mol. The smallest absolute Gasteiger partial charge is 0.241 e. The normalized spacial score (nSPS) is 25.2. The van der Waals surface area contributed by atoms with Crippen LogP contribution in [0.2, 0.25) is 5.02 Å². The van der Waals surface area contributed by atoms with Crippen molar-refractivity contribution in [1.82, 2.24) is 14.7 Å². The van der Waals surface area contributed by atoms with Gasteiger partial charge in [-0.25, -0.2) is 0 Å². The van der Waals surface area contributed by atoms with Gasteiger partial charge in [0.1, 0.15) is 0 Å². The minimum Gasteiger partial charge on any atom is -0.383 e. The van der Waals surface area contributed by atoms with E-state index in [4.69, 9.17) is 16.3 Å². The second-order valence-electron chi connectivity index (χ2n) is 9.02. The Bertz CT molecular complexity index is 886. The SMILES string of the molecule is COCCN1C(=O)CC(CC(=O)N2CCC(N3CCSCC3)CC2)(c2ccccc2Cl)C1=O. The predicted octanol–water partition coefficient (Wildman–Crippen LogP) is 2.41. The fourth-order valence-corrected chi connectivity index (χ4v) is 6.54. The number of nitrogens with zero attached hydrogens (tertiary/aromatic N) is 3. The molecule has 3 saturated heterocycles. The molecule has 3 amide bonds. The van der Waals surface area contributed by atoms with Gasteiger partial charge in [-0.2, -0.15) is 11.8 Å². The number of carbonyl (C=O) groups is 3. The average Bonchev–Trinajstić information content (AvgIpc) is 3.07. The molecule has 1 atom stereocenters. The Labute approximate surface area is 204 Å². The highest BCUT2D eigenvalue weighted by atomic mass is 35.5. The average molecular weight is 494 g/mol.